The van der Waals surface area contributed by atoms with E-state index in [9.17, 15) is 20.2 Å². The Kier molecular flexibility index (Phi) is 3.34. The van der Waals surface area contributed by atoms with Crippen molar-refractivity contribution in [2.75, 3.05) is 5.73 Å². The number of rotatable bonds is 4. The zero-order valence-corrected chi connectivity index (χ0v) is 10.5. The second-order valence-electron chi connectivity index (χ2n) is 4.20. The minimum Gasteiger partial charge on any atom is -0.393 e. The number of anilines is 1. The Labute approximate surface area is 112 Å². The van der Waals surface area contributed by atoms with Crippen LogP contribution in [0.1, 0.15) is 11.1 Å². The van der Waals surface area contributed by atoms with Gasteiger partial charge in [0.1, 0.15) is 5.69 Å². The Balaban J connectivity index is 2.35. The largest absolute Gasteiger partial charge is 0.393 e. The molecular formula is C11H11N5O4. The molecule has 20 heavy (non-hydrogen) atoms. The molecule has 104 valence electrons. The van der Waals surface area contributed by atoms with E-state index in [0.717, 1.165) is 0 Å². The summed E-state index contributed by atoms with van der Waals surface area (Å²) in [7, 11) is 0. The van der Waals surface area contributed by atoms with Crippen LogP contribution in [0, 0.1) is 27.2 Å². The van der Waals surface area contributed by atoms with Crippen molar-refractivity contribution in [2.45, 2.75) is 13.5 Å². The highest BCUT2D eigenvalue weighted by atomic mass is 16.6. The summed E-state index contributed by atoms with van der Waals surface area (Å²) in [5.41, 5.74) is 6.46. The molecule has 0 aliphatic carbocycles. The first-order valence-electron chi connectivity index (χ1n) is 5.60. The topological polar surface area (TPSA) is 130 Å². The molecule has 0 fully saturated rings. The van der Waals surface area contributed by atoms with Crippen LogP contribution in [-0.4, -0.2) is 19.6 Å². The van der Waals surface area contributed by atoms with Crippen molar-refractivity contribution in [3.63, 3.8) is 0 Å². The van der Waals surface area contributed by atoms with Gasteiger partial charge in [0, 0.05) is 11.6 Å². The molecule has 0 saturated heterocycles. The third kappa shape index (κ3) is 2.41. The molecule has 2 rings (SSSR count). The van der Waals surface area contributed by atoms with Crippen molar-refractivity contribution >= 4 is 17.2 Å². The van der Waals surface area contributed by atoms with Crippen LogP contribution in [-0.2, 0) is 6.54 Å². The Morgan fingerprint density at radius 3 is 2.55 bits per heavy atom. The number of nitrogens with two attached hydrogens (primary N) is 1. The molecule has 0 unspecified atom stereocenters. The standard InChI is InChI=1S/C11H11N5O4/c1-7-5-14(13-11(7)16(19)20)6-8-3-2-4-9(10(8)12)15(17)18/h2-5H,6,12H2,1H3. The molecule has 2 N–H and O–H groups in total. The summed E-state index contributed by atoms with van der Waals surface area (Å²) in [6.07, 6.45) is 1.50. The van der Waals surface area contributed by atoms with Gasteiger partial charge in [0.15, 0.2) is 0 Å². The first-order valence-corrected chi connectivity index (χ1v) is 5.60. The van der Waals surface area contributed by atoms with Crippen LogP contribution in [0.5, 0.6) is 0 Å². The zero-order chi connectivity index (χ0) is 14.9. The molecule has 0 aliphatic rings. The Morgan fingerprint density at radius 1 is 1.30 bits per heavy atom. The Bertz CT molecular complexity index is 694. The molecule has 1 heterocycles. The van der Waals surface area contributed by atoms with E-state index in [-0.39, 0.29) is 23.7 Å². The highest BCUT2D eigenvalue weighted by Gasteiger charge is 2.19. The maximum Gasteiger partial charge on any atom is 0.392 e. The van der Waals surface area contributed by atoms with E-state index < -0.39 is 9.85 Å². The lowest BCUT2D eigenvalue weighted by molar-refractivity contribution is -0.390. The van der Waals surface area contributed by atoms with Crippen LogP contribution in [0.25, 0.3) is 0 Å². The van der Waals surface area contributed by atoms with E-state index >= 15 is 0 Å². The van der Waals surface area contributed by atoms with Crippen LogP contribution >= 0.6 is 0 Å². The minimum atomic E-state index is -0.581. The van der Waals surface area contributed by atoms with Crippen molar-refractivity contribution in [3.05, 3.63) is 55.8 Å². The van der Waals surface area contributed by atoms with Crippen molar-refractivity contribution in [2.24, 2.45) is 0 Å². The van der Waals surface area contributed by atoms with Crippen LogP contribution in [0.2, 0.25) is 0 Å². The number of nitrogen functional groups attached to an aromatic ring is 1. The lowest BCUT2D eigenvalue weighted by atomic mass is 10.1. The fraction of sp³-hybridized carbons (Fsp3) is 0.182. The highest BCUT2D eigenvalue weighted by molar-refractivity contribution is 5.63. The Hall–Kier alpha value is -2.97. The summed E-state index contributed by atoms with van der Waals surface area (Å²) in [4.78, 5) is 20.3. The molecule has 1 aromatic carbocycles. The summed E-state index contributed by atoms with van der Waals surface area (Å²) in [6.45, 7) is 1.70. The predicted octanol–water partition coefficient (Wildman–Crippen LogP) is 1.64. The SMILES string of the molecule is Cc1cn(Cc2cccc([N+](=O)[O-])c2N)nc1[N+](=O)[O-]. The summed E-state index contributed by atoms with van der Waals surface area (Å²) >= 11 is 0. The predicted molar refractivity (Wildman–Crippen MR) is 70.2 cm³/mol. The fourth-order valence-corrected chi connectivity index (χ4v) is 1.84. The van der Waals surface area contributed by atoms with E-state index in [1.807, 2.05) is 0 Å². The van der Waals surface area contributed by atoms with Gasteiger partial charge in [-0.3, -0.25) is 10.1 Å². The van der Waals surface area contributed by atoms with Gasteiger partial charge in [0.2, 0.25) is 0 Å². The number of nitrogens with zero attached hydrogens (tertiary/aromatic N) is 4. The maximum atomic E-state index is 10.8. The average molecular weight is 277 g/mol. The third-order valence-corrected chi connectivity index (χ3v) is 2.79. The molecule has 2 aromatic rings. The lowest BCUT2D eigenvalue weighted by Crippen LogP contribution is -2.06. The summed E-state index contributed by atoms with van der Waals surface area (Å²) in [5, 5.41) is 25.3. The molecule has 1 aromatic heterocycles. The van der Waals surface area contributed by atoms with Crippen molar-refractivity contribution < 1.29 is 9.85 Å². The molecular weight excluding hydrogens is 266 g/mol. The van der Waals surface area contributed by atoms with E-state index in [4.69, 9.17) is 5.73 Å². The monoisotopic (exact) mass is 277 g/mol. The number of nitro benzene ring substituents is 1. The van der Waals surface area contributed by atoms with Crippen LogP contribution < -0.4 is 5.73 Å². The van der Waals surface area contributed by atoms with Gasteiger partial charge in [-0.2, -0.15) is 4.68 Å². The van der Waals surface area contributed by atoms with E-state index in [2.05, 4.69) is 5.10 Å². The van der Waals surface area contributed by atoms with Crippen LogP contribution in [0.4, 0.5) is 17.2 Å². The smallest absolute Gasteiger partial charge is 0.392 e. The molecule has 0 radical (unpaired) electrons. The van der Waals surface area contributed by atoms with E-state index in [1.54, 1.807) is 13.0 Å². The number of aryl methyl sites for hydroxylation is 1. The van der Waals surface area contributed by atoms with Gasteiger partial charge < -0.3 is 15.8 Å². The van der Waals surface area contributed by atoms with Gasteiger partial charge in [0.25, 0.3) is 5.69 Å². The molecule has 0 amide bonds. The fourth-order valence-electron chi connectivity index (χ4n) is 1.84. The minimum absolute atomic E-state index is 0.0355. The van der Waals surface area contributed by atoms with E-state index in [0.29, 0.717) is 11.1 Å². The third-order valence-electron chi connectivity index (χ3n) is 2.79. The average Bonchev–Trinajstić information content (AvgIpc) is 2.72. The summed E-state index contributed by atoms with van der Waals surface area (Å²) in [5.74, 6) is -0.242. The number of benzene rings is 1. The van der Waals surface area contributed by atoms with Gasteiger partial charge in [-0.1, -0.05) is 12.1 Å². The van der Waals surface area contributed by atoms with Gasteiger partial charge in [-0.05, 0) is 11.8 Å². The molecule has 0 aliphatic heterocycles. The highest BCUT2D eigenvalue weighted by Crippen LogP contribution is 2.26. The van der Waals surface area contributed by atoms with Crippen LogP contribution in [0.3, 0.4) is 0 Å². The maximum absolute atomic E-state index is 10.8. The number of hydrogen-bond acceptors (Lipinski definition) is 6. The summed E-state index contributed by atoms with van der Waals surface area (Å²) in [6, 6.07) is 4.43. The first kappa shape index (κ1) is 13.5. The molecule has 0 bridgehead atoms. The second-order valence-corrected chi connectivity index (χ2v) is 4.20. The number of para-hydroxylation sites is 1. The molecule has 9 nitrogen and oxygen atoms in total. The first-order chi connectivity index (χ1) is 9.40. The van der Waals surface area contributed by atoms with Gasteiger partial charge in [0.05, 0.1) is 28.3 Å². The molecule has 0 spiro atoms. The van der Waals surface area contributed by atoms with Crippen LogP contribution in [0.15, 0.2) is 24.4 Å². The van der Waals surface area contributed by atoms with Gasteiger partial charge >= 0.3 is 5.82 Å². The normalized spacial score (nSPS) is 10.4. The van der Waals surface area contributed by atoms with Gasteiger partial charge in [-0.25, -0.2) is 0 Å². The number of aromatic nitrogens is 2. The molecule has 9 heteroatoms. The molecule has 0 atom stereocenters. The van der Waals surface area contributed by atoms with Crippen molar-refractivity contribution in [1.29, 1.82) is 0 Å². The quantitative estimate of drug-likeness (QED) is 0.513. The summed E-state index contributed by atoms with van der Waals surface area (Å²) < 4.78 is 1.34. The second kappa shape index (κ2) is 4.96. The zero-order valence-electron chi connectivity index (χ0n) is 10.5. The molecule has 0 saturated carbocycles. The van der Waals surface area contributed by atoms with Crippen molar-refractivity contribution in [3.8, 4) is 0 Å². The Morgan fingerprint density at radius 2 is 2.00 bits per heavy atom. The van der Waals surface area contributed by atoms with Gasteiger partial charge in [-0.15, -0.1) is 0 Å². The lowest BCUT2D eigenvalue weighted by Gasteiger charge is -2.03. The number of nitro groups is 2. The number of hydrogen-bond donors (Lipinski definition) is 1. The van der Waals surface area contributed by atoms with Crippen molar-refractivity contribution in [1.82, 2.24) is 9.78 Å². The van der Waals surface area contributed by atoms with E-state index in [1.165, 1.54) is 23.0 Å².